The van der Waals surface area contributed by atoms with Gasteiger partial charge in [-0.25, -0.2) is 9.88 Å². The minimum absolute atomic E-state index is 0.00457. The number of ether oxygens (including phenoxy) is 4. The van der Waals surface area contributed by atoms with E-state index < -0.39 is 55.8 Å². The topological polar surface area (TPSA) is 190 Å². The van der Waals surface area contributed by atoms with Crippen LogP contribution in [0.3, 0.4) is 0 Å². The maximum atomic E-state index is 15.3. The number of alkyl halides is 2. The molecule has 0 saturated carbocycles. The largest absolute Gasteiger partial charge is 0.584 e. The number of benzene rings is 2. The third-order valence-electron chi connectivity index (χ3n) is 6.84. The first kappa shape index (κ1) is 35.4. The van der Waals surface area contributed by atoms with Gasteiger partial charge in [-0.15, -0.1) is 0 Å². The van der Waals surface area contributed by atoms with Gasteiger partial charge >= 0.3 is 19.4 Å². The van der Waals surface area contributed by atoms with Gasteiger partial charge in [-0.1, -0.05) is 18.2 Å². The van der Waals surface area contributed by atoms with E-state index in [-0.39, 0.29) is 28.6 Å². The fraction of sp³-hybridized carbons (Fsp3) is 0.379. The highest BCUT2D eigenvalue weighted by Gasteiger charge is 2.60. The Morgan fingerprint density at radius 3 is 2.40 bits per heavy atom. The van der Waals surface area contributed by atoms with E-state index in [4.69, 9.17) is 28.0 Å². The molecule has 1 aliphatic rings. The molecule has 4 atom stereocenters. The zero-order chi connectivity index (χ0) is 34.6. The Labute approximate surface area is 267 Å². The van der Waals surface area contributed by atoms with Gasteiger partial charge in [-0.05, 0) is 44.2 Å². The summed E-state index contributed by atoms with van der Waals surface area (Å²) >= 11 is 0. The lowest BCUT2D eigenvalue weighted by Gasteiger charge is -2.24. The van der Waals surface area contributed by atoms with E-state index in [9.17, 15) is 24.1 Å². The number of nitrogens with zero attached hydrogens (tertiary/aromatic N) is 2. The number of carbonyl (C=O) groups is 2. The van der Waals surface area contributed by atoms with Gasteiger partial charge in [-0.2, -0.15) is 18.3 Å². The van der Waals surface area contributed by atoms with E-state index in [1.807, 2.05) is 0 Å². The zero-order valence-corrected chi connectivity index (χ0v) is 26.8. The molecule has 3 aromatic rings. The number of anilines is 1. The van der Waals surface area contributed by atoms with Crippen LogP contribution in [0.15, 0.2) is 59.5 Å². The first-order chi connectivity index (χ1) is 22.2. The molecule has 15 nitrogen and oxygen atoms in total. The number of hydrogen-bond acceptors (Lipinski definition) is 12. The van der Waals surface area contributed by atoms with E-state index in [0.29, 0.717) is 16.6 Å². The minimum atomic E-state index is -4.30. The molecule has 2 aromatic carbocycles. The van der Waals surface area contributed by atoms with Crippen LogP contribution in [0.1, 0.15) is 30.4 Å². The number of amides is 1. The van der Waals surface area contributed by atoms with Crippen molar-refractivity contribution in [1.29, 1.82) is 0 Å². The average molecular weight is 684 g/mol. The lowest BCUT2D eigenvalue weighted by atomic mass is 10.1. The van der Waals surface area contributed by atoms with E-state index in [1.54, 1.807) is 18.2 Å². The van der Waals surface area contributed by atoms with Crippen LogP contribution in [0, 0.1) is 0 Å². The van der Waals surface area contributed by atoms with Gasteiger partial charge < -0.3 is 33.9 Å². The summed E-state index contributed by atoms with van der Waals surface area (Å²) in [6.45, 7) is 2.00. The maximum Gasteiger partial charge on any atom is 0.584 e. The van der Waals surface area contributed by atoms with Crippen molar-refractivity contribution >= 4 is 25.8 Å². The van der Waals surface area contributed by atoms with E-state index in [1.165, 1.54) is 59.4 Å². The van der Waals surface area contributed by atoms with Gasteiger partial charge in [0.1, 0.15) is 17.7 Å². The second-order valence-corrected chi connectivity index (χ2v) is 12.6. The van der Waals surface area contributed by atoms with Gasteiger partial charge in [-0.3, -0.25) is 18.7 Å². The summed E-state index contributed by atoms with van der Waals surface area (Å²) in [6.07, 6.45) is -5.26. The number of rotatable bonds is 14. The van der Waals surface area contributed by atoms with Crippen molar-refractivity contribution in [2.45, 2.75) is 43.7 Å². The molecule has 0 aliphatic carbocycles. The predicted molar refractivity (Wildman–Crippen MR) is 160 cm³/mol. The highest BCUT2D eigenvalue weighted by Crippen LogP contribution is 2.45. The Hall–Kier alpha value is -4.41. The lowest BCUT2D eigenvalue weighted by molar-refractivity contribution is -0.582. The van der Waals surface area contributed by atoms with Crippen molar-refractivity contribution in [2.75, 3.05) is 33.3 Å². The molecule has 4 N–H and O–H groups in total. The van der Waals surface area contributed by atoms with Crippen LogP contribution in [0.4, 0.5) is 14.6 Å². The van der Waals surface area contributed by atoms with Gasteiger partial charge in [0.25, 0.3) is 5.91 Å². The molecule has 18 heteroatoms. The van der Waals surface area contributed by atoms with E-state index in [0.717, 1.165) is 17.4 Å². The molecule has 1 saturated heterocycles. The Bertz CT molecular complexity index is 1710. The summed E-state index contributed by atoms with van der Waals surface area (Å²) < 4.78 is 76.6. The lowest BCUT2D eigenvalue weighted by Crippen LogP contribution is -2.92. The number of aldehydes is 1. The summed E-state index contributed by atoms with van der Waals surface area (Å²) in [6, 6.07) is 11.7. The molecule has 4 rings (SSSR count). The molecule has 1 aliphatic heterocycles. The van der Waals surface area contributed by atoms with Crippen LogP contribution >= 0.6 is 7.75 Å². The first-order valence-corrected chi connectivity index (χ1v) is 15.5. The molecule has 1 aromatic heterocycles. The number of aliphatic hydroxyl groups excluding tert-OH is 1. The van der Waals surface area contributed by atoms with Crippen LogP contribution in [-0.2, 0) is 18.6 Å². The van der Waals surface area contributed by atoms with Crippen molar-refractivity contribution in [3.63, 3.8) is 0 Å². The Balaban J connectivity index is 1.52. The molecule has 1 amide bonds. The summed E-state index contributed by atoms with van der Waals surface area (Å²) in [5.41, 5.74) is -2.55. The molecule has 2 heterocycles. The number of quaternary nitrogens is 1. The third-order valence-corrected chi connectivity index (χ3v) is 8.80. The van der Waals surface area contributed by atoms with Gasteiger partial charge in [0.05, 0.1) is 33.5 Å². The maximum absolute atomic E-state index is 15.3. The monoisotopic (exact) mass is 683 g/mol. The Kier molecular flexibility index (Phi) is 10.7. The standard InChI is InChI=1S/C29H33F2N4O11P/c1-28(2,16-36)34-47(40,46-17-9-7-6-8-10-17)44-15-20-24(37)29(30,31)26(45-20)35-14-13-21(33-27(35)39)32-25(38)18-11-12-19(41-3)23(43-5)22(18)42-4/h6-14,16,20,24,26,37H,15H2,1-5H3,(H,34,40)(H,32,33,38,39)/p+1. The highest BCUT2D eigenvalue weighted by molar-refractivity contribution is 7.46. The van der Waals surface area contributed by atoms with Crippen LogP contribution in [-0.4, -0.2) is 78.5 Å². The number of nitrogens with one attached hydrogen (secondary N) is 1. The first-order valence-electron chi connectivity index (χ1n) is 13.9. The molecular weight excluding hydrogens is 649 g/mol. The SMILES string of the molecule is COc1ccc(C(=O)Nc2ccn(C3OC(COP(=O)([NH2+]C(C)(C)C=O)Oc4ccccc4)C(O)C3(F)F)c(=O)n2)c(OC)c1OC. The van der Waals surface area contributed by atoms with Crippen LogP contribution < -0.4 is 34.8 Å². The number of aliphatic hydroxyl groups is 1. The summed E-state index contributed by atoms with van der Waals surface area (Å²) in [5, 5.41) is 13.9. The zero-order valence-electron chi connectivity index (χ0n) is 25.9. The number of nitrogens with two attached hydrogens (primary N) is 1. The quantitative estimate of drug-likeness (QED) is 0.166. The fourth-order valence-electron chi connectivity index (χ4n) is 4.56. The van der Waals surface area contributed by atoms with Crippen molar-refractivity contribution in [3.05, 3.63) is 70.8 Å². The molecule has 254 valence electrons. The van der Waals surface area contributed by atoms with Gasteiger partial charge in [0.2, 0.25) is 12.0 Å². The number of aromatic nitrogens is 2. The number of halogens is 2. The summed E-state index contributed by atoms with van der Waals surface area (Å²) in [4.78, 5) is 41.0. The predicted octanol–water partition coefficient (Wildman–Crippen LogP) is 2.16. The molecule has 0 radical (unpaired) electrons. The third kappa shape index (κ3) is 7.77. The van der Waals surface area contributed by atoms with E-state index >= 15 is 8.78 Å². The Morgan fingerprint density at radius 2 is 1.81 bits per heavy atom. The molecule has 1 fully saturated rings. The second kappa shape index (κ2) is 14.1. The number of para-hydroxylation sites is 1. The fourth-order valence-corrected chi connectivity index (χ4v) is 6.39. The van der Waals surface area contributed by atoms with Gasteiger partial charge in [0, 0.05) is 6.20 Å². The Morgan fingerprint density at radius 1 is 1.13 bits per heavy atom. The van der Waals surface area contributed by atoms with Crippen LogP contribution in [0.25, 0.3) is 0 Å². The van der Waals surface area contributed by atoms with Crippen molar-refractivity contribution in [1.82, 2.24) is 9.55 Å². The van der Waals surface area contributed by atoms with Crippen molar-refractivity contribution in [3.8, 4) is 23.0 Å². The smallest absolute Gasteiger partial charge is 0.493 e. The van der Waals surface area contributed by atoms with Crippen molar-refractivity contribution < 1.29 is 61.1 Å². The van der Waals surface area contributed by atoms with Gasteiger partial charge in [0.15, 0.2) is 29.4 Å². The van der Waals surface area contributed by atoms with Crippen LogP contribution in [0.5, 0.6) is 23.0 Å². The summed E-state index contributed by atoms with van der Waals surface area (Å²) in [5.74, 6) is -4.53. The van der Waals surface area contributed by atoms with Crippen molar-refractivity contribution in [2.24, 2.45) is 0 Å². The number of methoxy groups -OCH3 is 3. The average Bonchev–Trinajstić information content (AvgIpc) is 3.26. The molecule has 4 unspecified atom stereocenters. The van der Waals surface area contributed by atoms with E-state index in [2.05, 4.69) is 10.3 Å². The normalized spacial score (nSPS) is 20.1. The van der Waals surface area contributed by atoms with Crippen LogP contribution in [0.2, 0.25) is 0 Å². The number of hydrogen-bond donors (Lipinski definition) is 3. The highest BCUT2D eigenvalue weighted by atomic mass is 31.2. The second-order valence-electron chi connectivity index (χ2n) is 10.8. The number of carbonyl (C=O) groups excluding carboxylic acids is 2. The molecular formula is C29H34F2N4O11P+. The molecule has 0 bridgehead atoms. The molecule has 0 spiro atoms. The molecule has 47 heavy (non-hydrogen) atoms. The minimum Gasteiger partial charge on any atom is -0.493 e. The summed E-state index contributed by atoms with van der Waals surface area (Å²) in [7, 11) is -0.246.